The molecule has 88 valence electrons. The monoisotopic (exact) mass is 231 g/mol. The van der Waals surface area contributed by atoms with E-state index in [1.807, 2.05) is 37.3 Å². The van der Waals surface area contributed by atoms with E-state index in [2.05, 4.69) is 5.10 Å². The summed E-state index contributed by atoms with van der Waals surface area (Å²) in [7, 11) is 0. The van der Waals surface area contributed by atoms with Crippen molar-refractivity contribution in [1.82, 2.24) is 9.78 Å². The van der Waals surface area contributed by atoms with Crippen molar-refractivity contribution in [2.45, 2.75) is 13.5 Å². The van der Waals surface area contributed by atoms with Gasteiger partial charge in [0.05, 0.1) is 5.69 Å². The van der Waals surface area contributed by atoms with Crippen molar-refractivity contribution in [1.29, 1.82) is 0 Å². The van der Waals surface area contributed by atoms with Gasteiger partial charge in [0, 0.05) is 11.1 Å². The molecule has 0 aliphatic heterocycles. The molecule has 0 saturated carbocycles. The zero-order chi connectivity index (χ0) is 12.4. The van der Waals surface area contributed by atoms with Gasteiger partial charge in [-0.25, -0.2) is 4.68 Å². The van der Waals surface area contributed by atoms with Gasteiger partial charge in [-0.05, 0) is 6.92 Å². The third-order valence-electron chi connectivity index (χ3n) is 2.57. The number of hydrogen-bond acceptors (Lipinski definition) is 3. The highest BCUT2D eigenvalue weighted by atomic mass is 16.4. The standard InChI is InChI=1S/C12H13N3O2/c1-8-11(9-5-3-2-4-6-9)14-15(12(8)13)7-10(16)17/h2-6H,7,13H2,1H3,(H,16,17). The van der Waals surface area contributed by atoms with E-state index >= 15 is 0 Å². The van der Waals surface area contributed by atoms with Crippen LogP contribution in [-0.4, -0.2) is 20.9 Å². The summed E-state index contributed by atoms with van der Waals surface area (Å²) in [6, 6.07) is 9.55. The van der Waals surface area contributed by atoms with E-state index in [1.165, 1.54) is 4.68 Å². The molecular weight excluding hydrogens is 218 g/mol. The Morgan fingerprint density at radius 1 is 1.41 bits per heavy atom. The molecule has 1 aromatic carbocycles. The van der Waals surface area contributed by atoms with Gasteiger partial charge in [-0.2, -0.15) is 5.10 Å². The zero-order valence-corrected chi connectivity index (χ0v) is 9.42. The van der Waals surface area contributed by atoms with E-state index in [1.54, 1.807) is 0 Å². The van der Waals surface area contributed by atoms with Gasteiger partial charge in [0.25, 0.3) is 0 Å². The number of carboxylic acid groups (broad SMARTS) is 1. The molecule has 2 aromatic rings. The lowest BCUT2D eigenvalue weighted by Gasteiger charge is -1.98. The minimum Gasteiger partial charge on any atom is -0.480 e. The van der Waals surface area contributed by atoms with E-state index in [0.29, 0.717) is 5.82 Å². The summed E-state index contributed by atoms with van der Waals surface area (Å²) in [5.74, 6) is -0.565. The summed E-state index contributed by atoms with van der Waals surface area (Å²) >= 11 is 0. The molecule has 3 N–H and O–H groups in total. The summed E-state index contributed by atoms with van der Waals surface area (Å²) in [5.41, 5.74) is 8.29. The highest BCUT2D eigenvalue weighted by Gasteiger charge is 2.14. The Hall–Kier alpha value is -2.30. The maximum Gasteiger partial charge on any atom is 0.325 e. The van der Waals surface area contributed by atoms with Crippen LogP contribution in [0.3, 0.4) is 0 Å². The topological polar surface area (TPSA) is 81.1 Å². The predicted octanol–water partition coefficient (Wildman–Crippen LogP) is 1.53. The Morgan fingerprint density at radius 2 is 2.06 bits per heavy atom. The Labute approximate surface area is 98.5 Å². The maximum atomic E-state index is 10.7. The van der Waals surface area contributed by atoms with Crippen molar-refractivity contribution < 1.29 is 9.90 Å². The molecule has 2 rings (SSSR count). The molecule has 0 amide bonds. The Bertz CT molecular complexity index is 546. The number of carboxylic acids is 1. The van der Waals surface area contributed by atoms with E-state index in [9.17, 15) is 4.79 Å². The number of rotatable bonds is 3. The lowest BCUT2D eigenvalue weighted by atomic mass is 10.1. The van der Waals surface area contributed by atoms with Crippen molar-refractivity contribution in [3.05, 3.63) is 35.9 Å². The lowest BCUT2D eigenvalue weighted by molar-refractivity contribution is -0.137. The molecule has 0 aliphatic carbocycles. The number of anilines is 1. The van der Waals surface area contributed by atoms with Gasteiger partial charge in [0.2, 0.25) is 0 Å². The zero-order valence-electron chi connectivity index (χ0n) is 9.42. The number of carbonyl (C=O) groups is 1. The van der Waals surface area contributed by atoms with Gasteiger partial charge in [-0.1, -0.05) is 30.3 Å². The summed E-state index contributed by atoms with van der Waals surface area (Å²) in [4.78, 5) is 10.7. The Balaban J connectivity index is 2.46. The molecule has 1 heterocycles. The Kier molecular flexibility index (Phi) is 2.82. The lowest BCUT2D eigenvalue weighted by Crippen LogP contribution is -2.12. The molecule has 5 nitrogen and oxygen atoms in total. The number of nitrogens with zero attached hydrogens (tertiary/aromatic N) is 2. The van der Waals surface area contributed by atoms with Crippen LogP contribution in [0, 0.1) is 6.92 Å². The van der Waals surface area contributed by atoms with Crippen LogP contribution in [0.25, 0.3) is 11.3 Å². The second-order valence-electron chi connectivity index (χ2n) is 3.78. The van der Waals surface area contributed by atoms with E-state index in [0.717, 1.165) is 16.8 Å². The largest absolute Gasteiger partial charge is 0.480 e. The first kappa shape index (κ1) is 11.2. The van der Waals surface area contributed by atoms with Crippen molar-refractivity contribution in [3.8, 4) is 11.3 Å². The molecule has 0 spiro atoms. The number of aromatic nitrogens is 2. The van der Waals surface area contributed by atoms with Gasteiger partial charge in [0.15, 0.2) is 0 Å². The third kappa shape index (κ3) is 2.13. The second-order valence-corrected chi connectivity index (χ2v) is 3.78. The first-order valence-electron chi connectivity index (χ1n) is 5.19. The molecule has 0 radical (unpaired) electrons. The van der Waals surface area contributed by atoms with Crippen LogP contribution in [0.5, 0.6) is 0 Å². The van der Waals surface area contributed by atoms with Crippen molar-refractivity contribution >= 4 is 11.8 Å². The number of aliphatic carboxylic acids is 1. The molecule has 0 atom stereocenters. The molecule has 1 aromatic heterocycles. The fraction of sp³-hybridized carbons (Fsp3) is 0.167. The highest BCUT2D eigenvalue weighted by molar-refractivity contribution is 5.71. The smallest absolute Gasteiger partial charge is 0.325 e. The summed E-state index contributed by atoms with van der Waals surface area (Å²) in [5, 5.41) is 13.0. The van der Waals surface area contributed by atoms with Gasteiger partial charge in [0.1, 0.15) is 12.4 Å². The summed E-state index contributed by atoms with van der Waals surface area (Å²) in [6.07, 6.45) is 0. The van der Waals surface area contributed by atoms with E-state index in [4.69, 9.17) is 10.8 Å². The number of nitrogens with two attached hydrogens (primary N) is 1. The summed E-state index contributed by atoms with van der Waals surface area (Å²) < 4.78 is 1.31. The van der Waals surface area contributed by atoms with Gasteiger partial charge in [-0.15, -0.1) is 0 Å². The SMILES string of the molecule is Cc1c(-c2ccccc2)nn(CC(=O)O)c1N. The molecule has 0 aliphatic rings. The second kappa shape index (κ2) is 4.29. The van der Waals surface area contributed by atoms with Crippen LogP contribution in [-0.2, 0) is 11.3 Å². The van der Waals surface area contributed by atoms with Gasteiger partial charge >= 0.3 is 5.97 Å². The first-order valence-corrected chi connectivity index (χ1v) is 5.19. The Morgan fingerprint density at radius 3 is 2.65 bits per heavy atom. The number of nitrogen functional groups attached to an aromatic ring is 1. The van der Waals surface area contributed by atoms with Crippen molar-refractivity contribution in [3.63, 3.8) is 0 Å². The average Bonchev–Trinajstić information content (AvgIpc) is 2.58. The molecule has 0 bridgehead atoms. The number of benzene rings is 1. The fourth-order valence-electron chi connectivity index (χ4n) is 1.68. The van der Waals surface area contributed by atoms with E-state index in [-0.39, 0.29) is 6.54 Å². The van der Waals surface area contributed by atoms with Crippen molar-refractivity contribution in [2.24, 2.45) is 0 Å². The molecule has 0 unspecified atom stereocenters. The molecule has 0 saturated heterocycles. The maximum absolute atomic E-state index is 10.7. The van der Waals surface area contributed by atoms with Gasteiger partial charge < -0.3 is 10.8 Å². The first-order chi connectivity index (χ1) is 8.09. The molecular formula is C12H13N3O2. The average molecular weight is 231 g/mol. The van der Waals surface area contributed by atoms with Crippen LogP contribution in [0.2, 0.25) is 0 Å². The van der Waals surface area contributed by atoms with Gasteiger partial charge in [-0.3, -0.25) is 4.79 Å². The molecule has 0 fully saturated rings. The molecule has 17 heavy (non-hydrogen) atoms. The quantitative estimate of drug-likeness (QED) is 0.839. The highest BCUT2D eigenvalue weighted by Crippen LogP contribution is 2.25. The molecule has 5 heteroatoms. The third-order valence-corrected chi connectivity index (χ3v) is 2.57. The van der Waals surface area contributed by atoms with Crippen LogP contribution in [0.1, 0.15) is 5.56 Å². The number of hydrogen-bond donors (Lipinski definition) is 2. The van der Waals surface area contributed by atoms with Crippen LogP contribution in [0.4, 0.5) is 5.82 Å². The predicted molar refractivity (Wildman–Crippen MR) is 64.4 cm³/mol. The van der Waals surface area contributed by atoms with Crippen molar-refractivity contribution in [2.75, 3.05) is 5.73 Å². The minimum atomic E-state index is -0.959. The van der Waals surface area contributed by atoms with Crippen LogP contribution >= 0.6 is 0 Å². The normalized spacial score (nSPS) is 10.4. The van der Waals surface area contributed by atoms with Crippen LogP contribution in [0.15, 0.2) is 30.3 Å². The van der Waals surface area contributed by atoms with E-state index < -0.39 is 5.97 Å². The minimum absolute atomic E-state index is 0.223. The van der Waals surface area contributed by atoms with Crippen LogP contribution < -0.4 is 5.73 Å². The summed E-state index contributed by atoms with van der Waals surface area (Å²) in [6.45, 7) is 1.61. The fourth-order valence-corrected chi connectivity index (χ4v) is 1.68.